The molecule has 0 radical (unpaired) electrons. The molecule has 0 spiro atoms. The molecule has 7 nitrogen and oxygen atoms in total. The number of hydrogen-bond donors (Lipinski definition) is 2. The molecule has 1 aromatic rings. The number of aliphatic imine (C=N–C) groups is 1. The number of guanidine groups is 1. The van der Waals surface area contributed by atoms with Gasteiger partial charge in [0.2, 0.25) is 0 Å². The van der Waals surface area contributed by atoms with Crippen LogP contribution in [0.3, 0.4) is 0 Å². The van der Waals surface area contributed by atoms with Gasteiger partial charge in [0.15, 0.2) is 12.6 Å². The lowest BCUT2D eigenvalue weighted by atomic mass is 10.2. The lowest BCUT2D eigenvalue weighted by Gasteiger charge is -2.29. The van der Waals surface area contributed by atoms with Gasteiger partial charge >= 0.3 is 0 Å². The van der Waals surface area contributed by atoms with Crippen LogP contribution < -0.4 is 20.3 Å². The number of ether oxygens (including phenoxy) is 2. The quantitative estimate of drug-likeness (QED) is 0.205. The number of carbonyl (C=O) groups is 1. The summed E-state index contributed by atoms with van der Waals surface area (Å²) in [7, 11) is 0. The first-order chi connectivity index (χ1) is 13.8. The van der Waals surface area contributed by atoms with E-state index in [4.69, 9.17) is 9.47 Å². The van der Waals surface area contributed by atoms with Crippen molar-refractivity contribution < 1.29 is 14.3 Å². The molecule has 1 saturated carbocycles. The Kier molecular flexibility index (Phi) is 10.5. The minimum atomic E-state index is -0.00101. The summed E-state index contributed by atoms with van der Waals surface area (Å²) >= 11 is 0. The molecule has 1 aliphatic heterocycles. The molecule has 0 bridgehead atoms. The van der Waals surface area contributed by atoms with Crippen LogP contribution in [0.5, 0.6) is 5.75 Å². The monoisotopic (exact) mass is 516 g/mol. The maximum absolute atomic E-state index is 12.2. The van der Waals surface area contributed by atoms with E-state index in [1.54, 1.807) is 4.90 Å². The van der Waals surface area contributed by atoms with E-state index in [0.717, 1.165) is 62.5 Å². The highest BCUT2D eigenvalue weighted by atomic mass is 127. The van der Waals surface area contributed by atoms with Crippen molar-refractivity contribution in [1.29, 1.82) is 0 Å². The minimum absolute atomic E-state index is 0. The Morgan fingerprint density at radius 3 is 2.90 bits per heavy atom. The average molecular weight is 516 g/mol. The summed E-state index contributed by atoms with van der Waals surface area (Å²) in [4.78, 5) is 18.6. The number of amides is 1. The van der Waals surface area contributed by atoms with Crippen molar-refractivity contribution >= 4 is 41.5 Å². The summed E-state index contributed by atoms with van der Waals surface area (Å²) in [5.41, 5.74) is 0.846. The van der Waals surface area contributed by atoms with Crippen molar-refractivity contribution in [3.8, 4) is 5.75 Å². The van der Waals surface area contributed by atoms with Crippen molar-refractivity contribution in [2.24, 2.45) is 10.9 Å². The maximum Gasteiger partial charge on any atom is 0.265 e. The van der Waals surface area contributed by atoms with Gasteiger partial charge in [-0.05, 0) is 50.7 Å². The zero-order valence-electron chi connectivity index (χ0n) is 17.2. The van der Waals surface area contributed by atoms with Gasteiger partial charge in [-0.1, -0.05) is 12.1 Å². The molecule has 3 rings (SSSR count). The number of nitrogens with zero attached hydrogens (tertiary/aromatic N) is 2. The Labute approximate surface area is 190 Å². The number of halogens is 1. The van der Waals surface area contributed by atoms with Crippen LogP contribution >= 0.6 is 24.0 Å². The zero-order chi connectivity index (χ0) is 19.6. The van der Waals surface area contributed by atoms with Crippen molar-refractivity contribution in [2.75, 3.05) is 50.9 Å². The molecule has 1 heterocycles. The molecule has 0 aromatic heterocycles. The van der Waals surface area contributed by atoms with Gasteiger partial charge < -0.3 is 25.0 Å². The van der Waals surface area contributed by atoms with Crippen molar-refractivity contribution in [2.45, 2.75) is 32.6 Å². The Morgan fingerprint density at radius 2 is 2.10 bits per heavy atom. The van der Waals surface area contributed by atoms with Gasteiger partial charge in [0.25, 0.3) is 5.91 Å². The molecular formula is C21H33IN4O3. The maximum atomic E-state index is 12.2. The fourth-order valence-corrected chi connectivity index (χ4v) is 3.08. The summed E-state index contributed by atoms with van der Waals surface area (Å²) < 4.78 is 11.1. The summed E-state index contributed by atoms with van der Waals surface area (Å²) in [5.74, 6) is 2.40. The van der Waals surface area contributed by atoms with Gasteiger partial charge in [-0.3, -0.25) is 9.79 Å². The summed E-state index contributed by atoms with van der Waals surface area (Å²) in [6, 6.07) is 7.66. The van der Waals surface area contributed by atoms with E-state index in [9.17, 15) is 4.79 Å². The Balaban J connectivity index is 0.00000300. The van der Waals surface area contributed by atoms with E-state index in [1.807, 2.05) is 24.3 Å². The Morgan fingerprint density at radius 1 is 1.28 bits per heavy atom. The third kappa shape index (κ3) is 8.00. The normalized spacial score (nSPS) is 16.0. The van der Waals surface area contributed by atoms with Crippen LogP contribution in [0.1, 0.15) is 32.6 Å². The minimum Gasteiger partial charge on any atom is -0.482 e. The Bertz CT molecular complexity index is 667. The first-order valence-electron chi connectivity index (χ1n) is 10.4. The smallest absolute Gasteiger partial charge is 0.265 e. The van der Waals surface area contributed by atoms with Crippen LogP contribution in [0.4, 0.5) is 5.69 Å². The van der Waals surface area contributed by atoms with Gasteiger partial charge in [0, 0.05) is 39.4 Å². The second-order valence-corrected chi connectivity index (χ2v) is 7.21. The highest BCUT2D eigenvalue weighted by Gasteiger charge is 2.24. The Hall–Kier alpha value is -1.55. The molecule has 2 aliphatic rings. The summed E-state index contributed by atoms with van der Waals surface area (Å²) in [6.07, 6.45) is 4.42. The topological polar surface area (TPSA) is 75.2 Å². The van der Waals surface area contributed by atoms with Crippen LogP contribution in [-0.2, 0) is 9.53 Å². The van der Waals surface area contributed by atoms with E-state index in [-0.39, 0.29) is 36.5 Å². The molecule has 1 aromatic carbocycles. The standard InChI is InChI=1S/C21H32N4O3.HI/c1-2-22-21(24-12-6-14-27-15-17-9-10-17)23-11-5-13-25-18-7-3-4-8-19(18)28-16-20(25)26;/h3-4,7-8,17H,2,5-6,9-16H2,1H3,(H2,22,23,24);1H. The van der Waals surface area contributed by atoms with E-state index in [2.05, 4.69) is 22.5 Å². The van der Waals surface area contributed by atoms with Gasteiger partial charge in [-0.2, -0.15) is 0 Å². The number of nitrogens with one attached hydrogen (secondary N) is 2. The van der Waals surface area contributed by atoms with Gasteiger partial charge in [0.05, 0.1) is 5.69 Å². The van der Waals surface area contributed by atoms with Crippen LogP contribution in [0.15, 0.2) is 29.3 Å². The third-order valence-corrected chi connectivity index (χ3v) is 4.77. The molecular weight excluding hydrogens is 483 g/mol. The molecule has 162 valence electrons. The molecule has 0 atom stereocenters. The van der Waals surface area contributed by atoms with E-state index in [1.165, 1.54) is 12.8 Å². The predicted octanol–water partition coefficient (Wildman–Crippen LogP) is 2.79. The fraction of sp³-hybridized carbons (Fsp3) is 0.619. The molecule has 29 heavy (non-hydrogen) atoms. The lowest BCUT2D eigenvalue weighted by molar-refractivity contribution is -0.121. The second kappa shape index (κ2) is 12.9. The number of hydrogen-bond acceptors (Lipinski definition) is 4. The lowest BCUT2D eigenvalue weighted by Crippen LogP contribution is -2.40. The van der Waals surface area contributed by atoms with Crippen molar-refractivity contribution in [1.82, 2.24) is 10.6 Å². The van der Waals surface area contributed by atoms with Crippen LogP contribution in [0, 0.1) is 5.92 Å². The molecule has 1 fully saturated rings. The fourth-order valence-electron chi connectivity index (χ4n) is 3.08. The van der Waals surface area contributed by atoms with Crippen LogP contribution in [0.2, 0.25) is 0 Å². The molecule has 1 aliphatic carbocycles. The third-order valence-electron chi connectivity index (χ3n) is 4.77. The molecule has 0 saturated heterocycles. The van der Waals surface area contributed by atoms with E-state index >= 15 is 0 Å². The van der Waals surface area contributed by atoms with E-state index < -0.39 is 0 Å². The summed E-state index contributed by atoms with van der Waals surface area (Å²) in [5, 5.41) is 6.61. The molecule has 2 N–H and O–H groups in total. The highest BCUT2D eigenvalue weighted by molar-refractivity contribution is 14.0. The van der Waals surface area contributed by atoms with Crippen molar-refractivity contribution in [3.63, 3.8) is 0 Å². The number of carbonyl (C=O) groups excluding carboxylic acids is 1. The largest absolute Gasteiger partial charge is 0.482 e. The highest BCUT2D eigenvalue weighted by Crippen LogP contribution is 2.31. The SMILES string of the molecule is CCNC(=NCCCN1C(=O)COc2ccccc21)NCCCOCC1CC1.I. The first-order valence-corrected chi connectivity index (χ1v) is 10.4. The zero-order valence-corrected chi connectivity index (χ0v) is 19.5. The number of para-hydroxylation sites is 2. The van der Waals surface area contributed by atoms with Crippen LogP contribution in [-0.4, -0.2) is 57.9 Å². The van der Waals surface area contributed by atoms with Crippen molar-refractivity contribution in [3.05, 3.63) is 24.3 Å². The first kappa shape index (κ1) is 23.7. The van der Waals surface area contributed by atoms with Gasteiger partial charge in [-0.25, -0.2) is 0 Å². The number of benzene rings is 1. The second-order valence-electron chi connectivity index (χ2n) is 7.21. The number of anilines is 1. The molecule has 8 heteroatoms. The number of fused-ring (bicyclic) bond motifs is 1. The molecule has 0 unspecified atom stereocenters. The average Bonchev–Trinajstić information content (AvgIpc) is 3.53. The number of rotatable bonds is 11. The predicted molar refractivity (Wildman–Crippen MR) is 126 cm³/mol. The van der Waals surface area contributed by atoms with E-state index in [0.29, 0.717) is 13.1 Å². The van der Waals surface area contributed by atoms with Gasteiger partial charge in [-0.15, -0.1) is 24.0 Å². The van der Waals surface area contributed by atoms with Gasteiger partial charge in [0.1, 0.15) is 5.75 Å². The van der Waals surface area contributed by atoms with Crippen LogP contribution in [0.25, 0.3) is 0 Å². The molecule has 1 amide bonds. The summed E-state index contributed by atoms with van der Waals surface area (Å²) in [6.45, 7) is 6.81.